The Balaban J connectivity index is 2.38. The highest BCUT2D eigenvalue weighted by Crippen LogP contribution is 2.38. The minimum Gasteiger partial charge on any atom is -0.395 e. The zero-order valence-corrected chi connectivity index (χ0v) is 11.2. The zero-order valence-electron chi connectivity index (χ0n) is 11.2. The number of rotatable bonds is 7. The third-order valence-electron chi connectivity index (χ3n) is 3.79. The van der Waals surface area contributed by atoms with Crippen LogP contribution in [0.3, 0.4) is 0 Å². The van der Waals surface area contributed by atoms with Gasteiger partial charge in [0, 0.05) is 18.6 Å². The maximum Gasteiger partial charge on any atom is 0.0601 e. The zero-order chi connectivity index (χ0) is 12.3. The van der Waals surface area contributed by atoms with Crippen LogP contribution in [0.2, 0.25) is 0 Å². The molecule has 0 radical (unpaired) electrons. The van der Waals surface area contributed by atoms with Crippen LogP contribution >= 0.6 is 0 Å². The number of likely N-dealkylation sites (N-methyl/N-ethyl adjacent to an activating group) is 1. The third-order valence-corrected chi connectivity index (χ3v) is 3.79. The minimum absolute atomic E-state index is 0.0871. The smallest absolute Gasteiger partial charge is 0.0601 e. The molecule has 1 saturated carbocycles. The van der Waals surface area contributed by atoms with Crippen LogP contribution in [-0.4, -0.2) is 42.3 Å². The van der Waals surface area contributed by atoms with Crippen LogP contribution in [0.5, 0.6) is 0 Å². The molecule has 1 aliphatic rings. The Morgan fingerprint density at radius 2 is 2.00 bits per heavy atom. The second-order valence-corrected chi connectivity index (χ2v) is 5.96. The first-order valence-corrected chi connectivity index (χ1v) is 6.52. The fourth-order valence-corrected chi connectivity index (χ4v) is 2.46. The van der Waals surface area contributed by atoms with Crippen LogP contribution in [-0.2, 0) is 0 Å². The molecule has 0 saturated heterocycles. The maximum absolute atomic E-state index is 9.46. The molecule has 4 unspecified atom stereocenters. The lowest BCUT2D eigenvalue weighted by molar-refractivity contribution is 0.115. The van der Waals surface area contributed by atoms with E-state index in [1.807, 2.05) is 0 Å². The number of hydrogen-bond acceptors (Lipinski definition) is 3. The summed E-state index contributed by atoms with van der Waals surface area (Å²) in [6, 6.07) is 0.208. The summed E-state index contributed by atoms with van der Waals surface area (Å²) in [5.74, 6) is 2.28. The summed E-state index contributed by atoms with van der Waals surface area (Å²) < 4.78 is 0. The molecule has 1 fully saturated rings. The Bertz CT molecular complexity index is 208. The van der Waals surface area contributed by atoms with Gasteiger partial charge in [-0.1, -0.05) is 20.8 Å². The number of hydrogen-bond donors (Lipinski definition) is 2. The molecule has 3 nitrogen and oxygen atoms in total. The Labute approximate surface area is 100 Å². The van der Waals surface area contributed by atoms with Gasteiger partial charge in [-0.25, -0.2) is 0 Å². The largest absolute Gasteiger partial charge is 0.395 e. The van der Waals surface area contributed by atoms with E-state index in [9.17, 15) is 5.11 Å². The van der Waals surface area contributed by atoms with Crippen LogP contribution in [0.1, 0.15) is 33.6 Å². The average Bonchev–Trinajstić information content (AvgIpc) is 2.81. The lowest BCUT2D eigenvalue weighted by Gasteiger charge is -2.32. The van der Waals surface area contributed by atoms with Crippen LogP contribution in [0, 0.1) is 17.8 Å². The van der Waals surface area contributed by atoms with E-state index in [1.165, 1.54) is 6.42 Å². The van der Waals surface area contributed by atoms with Gasteiger partial charge in [0.25, 0.3) is 0 Å². The van der Waals surface area contributed by atoms with Gasteiger partial charge in [-0.05, 0) is 37.6 Å². The van der Waals surface area contributed by atoms with Crippen molar-refractivity contribution < 1.29 is 5.11 Å². The summed E-state index contributed by atoms with van der Waals surface area (Å²) in [7, 11) is 2.09. The van der Waals surface area contributed by atoms with Gasteiger partial charge in [0.1, 0.15) is 0 Å². The lowest BCUT2D eigenvalue weighted by atomic mass is 9.97. The van der Waals surface area contributed by atoms with E-state index < -0.39 is 0 Å². The lowest BCUT2D eigenvalue weighted by Crippen LogP contribution is -2.49. The van der Waals surface area contributed by atoms with Crippen molar-refractivity contribution in [1.29, 1.82) is 0 Å². The SMILES string of the molecule is CC(C)CC(N)C(CO)N(C)CC1CC1C. The second-order valence-electron chi connectivity index (χ2n) is 5.96. The number of aliphatic hydroxyl groups excluding tert-OH is 1. The summed E-state index contributed by atoms with van der Waals surface area (Å²) in [5.41, 5.74) is 6.16. The molecule has 3 N–H and O–H groups in total. The molecule has 4 atom stereocenters. The van der Waals surface area contributed by atoms with E-state index >= 15 is 0 Å². The van der Waals surface area contributed by atoms with E-state index in [4.69, 9.17) is 5.73 Å². The molecule has 0 aromatic rings. The van der Waals surface area contributed by atoms with E-state index in [2.05, 4.69) is 32.7 Å². The minimum atomic E-state index is 0.0871. The molecule has 16 heavy (non-hydrogen) atoms. The fraction of sp³-hybridized carbons (Fsp3) is 1.00. The Kier molecular flexibility index (Phi) is 5.22. The van der Waals surface area contributed by atoms with Gasteiger partial charge in [0.2, 0.25) is 0 Å². The molecule has 0 aromatic heterocycles. The van der Waals surface area contributed by atoms with E-state index in [0.717, 1.165) is 24.8 Å². The molecule has 0 heterocycles. The molecule has 0 aromatic carbocycles. The van der Waals surface area contributed by atoms with Crippen LogP contribution in [0.15, 0.2) is 0 Å². The third kappa shape index (κ3) is 4.04. The quantitative estimate of drug-likeness (QED) is 0.691. The van der Waals surface area contributed by atoms with Gasteiger partial charge in [0.15, 0.2) is 0 Å². The molecule has 0 spiro atoms. The fourth-order valence-electron chi connectivity index (χ4n) is 2.46. The van der Waals surface area contributed by atoms with E-state index in [1.54, 1.807) is 0 Å². The molecule has 1 aliphatic carbocycles. The number of nitrogens with zero attached hydrogens (tertiary/aromatic N) is 1. The highest BCUT2D eigenvalue weighted by molar-refractivity contribution is 4.88. The first-order chi connectivity index (χ1) is 7.45. The van der Waals surface area contributed by atoms with E-state index in [0.29, 0.717) is 5.92 Å². The molecular weight excluding hydrogens is 200 g/mol. The molecule has 96 valence electrons. The van der Waals surface area contributed by atoms with Crippen LogP contribution < -0.4 is 5.73 Å². The van der Waals surface area contributed by atoms with Crippen molar-refractivity contribution in [3.8, 4) is 0 Å². The predicted octanol–water partition coefficient (Wildman–Crippen LogP) is 1.31. The van der Waals surface area contributed by atoms with Crippen molar-refractivity contribution >= 4 is 0 Å². The molecule has 1 rings (SSSR count). The Morgan fingerprint density at radius 3 is 2.38 bits per heavy atom. The van der Waals surface area contributed by atoms with Crippen LogP contribution in [0.25, 0.3) is 0 Å². The highest BCUT2D eigenvalue weighted by Gasteiger charge is 2.35. The van der Waals surface area contributed by atoms with Gasteiger partial charge in [-0.3, -0.25) is 4.90 Å². The van der Waals surface area contributed by atoms with Gasteiger partial charge < -0.3 is 10.8 Å². The highest BCUT2D eigenvalue weighted by atomic mass is 16.3. The first kappa shape index (κ1) is 13.9. The van der Waals surface area contributed by atoms with Gasteiger partial charge in [-0.2, -0.15) is 0 Å². The monoisotopic (exact) mass is 228 g/mol. The average molecular weight is 228 g/mol. The van der Waals surface area contributed by atoms with Crippen molar-refractivity contribution in [2.75, 3.05) is 20.2 Å². The van der Waals surface area contributed by atoms with Crippen molar-refractivity contribution in [2.24, 2.45) is 23.5 Å². The normalized spacial score (nSPS) is 28.5. The first-order valence-electron chi connectivity index (χ1n) is 6.52. The summed E-state index contributed by atoms with van der Waals surface area (Å²) in [5, 5.41) is 9.46. The molecular formula is C13H28N2O. The van der Waals surface area contributed by atoms with Gasteiger partial charge in [0.05, 0.1) is 6.61 Å². The van der Waals surface area contributed by atoms with Crippen LogP contribution in [0.4, 0.5) is 0 Å². The number of aliphatic hydroxyl groups is 1. The van der Waals surface area contributed by atoms with Gasteiger partial charge in [-0.15, -0.1) is 0 Å². The second kappa shape index (κ2) is 5.99. The van der Waals surface area contributed by atoms with Crippen molar-refractivity contribution in [3.63, 3.8) is 0 Å². The topological polar surface area (TPSA) is 49.5 Å². The molecule has 0 aliphatic heterocycles. The molecule has 0 bridgehead atoms. The summed E-state index contributed by atoms with van der Waals surface area (Å²) in [4.78, 5) is 2.25. The van der Waals surface area contributed by atoms with Crippen molar-refractivity contribution in [2.45, 2.75) is 45.7 Å². The predicted molar refractivity (Wildman–Crippen MR) is 68.2 cm³/mol. The Hall–Kier alpha value is -0.120. The van der Waals surface area contributed by atoms with Gasteiger partial charge >= 0.3 is 0 Å². The Morgan fingerprint density at radius 1 is 1.44 bits per heavy atom. The molecule has 0 amide bonds. The summed E-state index contributed by atoms with van der Waals surface area (Å²) in [6.07, 6.45) is 2.32. The van der Waals surface area contributed by atoms with E-state index in [-0.39, 0.29) is 18.7 Å². The number of nitrogens with two attached hydrogens (primary N) is 1. The maximum atomic E-state index is 9.46. The van der Waals surface area contributed by atoms with Crippen molar-refractivity contribution in [3.05, 3.63) is 0 Å². The summed E-state index contributed by atoms with van der Waals surface area (Å²) >= 11 is 0. The molecule has 3 heteroatoms. The standard InChI is InChI=1S/C13H28N2O/c1-9(2)5-12(14)13(8-16)15(4)7-11-6-10(11)3/h9-13,16H,5-8,14H2,1-4H3. The summed E-state index contributed by atoms with van der Waals surface area (Å²) in [6.45, 7) is 7.90. The van der Waals surface area contributed by atoms with Crippen molar-refractivity contribution in [1.82, 2.24) is 4.90 Å².